The SMILES string of the molecule is CCC(C)n1c(=O)c2ccccc2n(CC(=O)Nc2ccccc2C(=O)OC)c1=O. The predicted octanol–water partition coefficient (Wildman–Crippen LogP) is 2.56. The Morgan fingerprint density at radius 3 is 2.43 bits per heavy atom. The molecule has 1 atom stereocenters. The van der Waals surface area contributed by atoms with Crippen molar-refractivity contribution < 1.29 is 14.3 Å². The van der Waals surface area contributed by atoms with Gasteiger partial charge in [0.2, 0.25) is 5.91 Å². The summed E-state index contributed by atoms with van der Waals surface area (Å²) in [4.78, 5) is 50.6. The summed E-state index contributed by atoms with van der Waals surface area (Å²) >= 11 is 0. The molecule has 2 aromatic carbocycles. The Morgan fingerprint density at radius 1 is 1.07 bits per heavy atom. The molecule has 30 heavy (non-hydrogen) atoms. The minimum Gasteiger partial charge on any atom is -0.465 e. The molecule has 3 aromatic rings. The third kappa shape index (κ3) is 3.89. The molecule has 1 amide bonds. The molecule has 0 saturated carbocycles. The minimum absolute atomic E-state index is 0.204. The number of nitrogens with zero attached hydrogens (tertiary/aromatic N) is 2. The Bertz CT molecular complexity index is 1230. The second-order valence-electron chi connectivity index (χ2n) is 6.90. The van der Waals surface area contributed by atoms with Crippen molar-refractivity contribution in [2.24, 2.45) is 0 Å². The van der Waals surface area contributed by atoms with Gasteiger partial charge in [-0.1, -0.05) is 31.2 Å². The number of ether oxygens (including phenoxy) is 1. The van der Waals surface area contributed by atoms with Crippen LogP contribution in [0, 0.1) is 0 Å². The van der Waals surface area contributed by atoms with E-state index in [9.17, 15) is 19.2 Å². The van der Waals surface area contributed by atoms with Crippen molar-refractivity contribution in [1.29, 1.82) is 0 Å². The molecule has 0 bridgehead atoms. The quantitative estimate of drug-likeness (QED) is 0.631. The molecule has 1 heterocycles. The lowest BCUT2D eigenvalue weighted by Gasteiger charge is -2.17. The van der Waals surface area contributed by atoms with Crippen LogP contribution in [0.3, 0.4) is 0 Å². The number of benzene rings is 2. The van der Waals surface area contributed by atoms with E-state index in [1.54, 1.807) is 49.4 Å². The van der Waals surface area contributed by atoms with Crippen molar-refractivity contribution in [2.75, 3.05) is 12.4 Å². The molecule has 0 aliphatic rings. The largest absolute Gasteiger partial charge is 0.465 e. The van der Waals surface area contributed by atoms with E-state index in [1.807, 2.05) is 6.92 Å². The monoisotopic (exact) mass is 409 g/mol. The molecular formula is C22H23N3O5. The second-order valence-corrected chi connectivity index (χ2v) is 6.90. The van der Waals surface area contributed by atoms with Crippen LogP contribution >= 0.6 is 0 Å². The van der Waals surface area contributed by atoms with Crippen LogP contribution in [0.15, 0.2) is 58.1 Å². The minimum atomic E-state index is -0.584. The first-order valence-electron chi connectivity index (χ1n) is 9.60. The second kappa shape index (κ2) is 8.77. The van der Waals surface area contributed by atoms with Gasteiger partial charge in [0, 0.05) is 6.04 Å². The number of anilines is 1. The van der Waals surface area contributed by atoms with E-state index in [1.165, 1.54) is 22.3 Å². The number of hydrogen-bond acceptors (Lipinski definition) is 5. The third-order valence-electron chi connectivity index (χ3n) is 5.02. The van der Waals surface area contributed by atoms with Gasteiger partial charge in [-0.05, 0) is 37.6 Å². The Kier molecular flexibility index (Phi) is 6.15. The number of carbonyl (C=O) groups excluding carboxylic acids is 2. The van der Waals surface area contributed by atoms with Gasteiger partial charge in [-0.3, -0.25) is 18.7 Å². The molecule has 1 N–H and O–H groups in total. The molecular weight excluding hydrogens is 386 g/mol. The molecule has 0 radical (unpaired) electrons. The van der Waals surface area contributed by atoms with Gasteiger partial charge in [-0.2, -0.15) is 0 Å². The molecule has 8 heteroatoms. The summed E-state index contributed by atoms with van der Waals surface area (Å²) in [5, 5.41) is 3.02. The van der Waals surface area contributed by atoms with Gasteiger partial charge in [0.1, 0.15) is 6.54 Å². The van der Waals surface area contributed by atoms with Crippen molar-refractivity contribution in [3.8, 4) is 0 Å². The van der Waals surface area contributed by atoms with Crippen LogP contribution in [-0.2, 0) is 16.1 Å². The highest BCUT2D eigenvalue weighted by Gasteiger charge is 2.19. The number of nitrogens with one attached hydrogen (secondary N) is 1. The summed E-state index contributed by atoms with van der Waals surface area (Å²) in [6, 6.07) is 12.8. The van der Waals surface area contributed by atoms with Gasteiger partial charge in [0.05, 0.1) is 29.3 Å². The average molecular weight is 409 g/mol. The lowest BCUT2D eigenvalue weighted by atomic mass is 10.2. The summed E-state index contributed by atoms with van der Waals surface area (Å²) in [6.07, 6.45) is 0.589. The maximum absolute atomic E-state index is 13.1. The highest BCUT2D eigenvalue weighted by molar-refractivity contribution is 6.01. The van der Waals surface area contributed by atoms with Crippen LogP contribution < -0.4 is 16.6 Å². The van der Waals surface area contributed by atoms with Crippen LogP contribution in [0.2, 0.25) is 0 Å². The van der Waals surface area contributed by atoms with E-state index >= 15 is 0 Å². The van der Waals surface area contributed by atoms with Gasteiger partial charge in [-0.15, -0.1) is 0 Å². The van der Waals surface area contributed by atoms with Crippen LogP contribution in [-0.4, -0.2) is 28.1 Å². The normalized spacial score (nSPS) is 11.8. The van der Waals surface area contributed by atoms with Crippen molar-refractivity contribution in [1.82, 2.24) is 9.13 Å². The maximum atomic E-state index is 13.1. The molecule has 0 saturated heterocycles. The lowest BCUT2D eigenvalue weighted by molar-refractivity contribution is -0.116. The molecule has 156 valence electrons. The fourth-order valence-corrected chi connectivity index (χ4v) is 3.28. The van der Waals surface area contributed by atoms with Crippen molar-refractivity contribution in [2.45, 2.75) is 32.9 Å². The van der Waals surface area contributed by atoms with Gasteiger partial charge < -0.3 is 10.1 Å². The number of methoxy groups -OCH3 is 1. The standard InChI is InChI=1S/C22H23N3O5/c1-4-14(2)25-20(27)16-10-6-8-12-18(16)24(22(25)29)13-19(26)23-17-11-7-5-9-15(17)21(28)30-3/h5-12,14H,4,13H2,1-3H3,(H,23,26). The first-order valence-corrected chi connectivity index (χ1v) is 9.60. The van der Waals surface area contributed by atoms with Crippen LogP contribution in [0.25, 0.3) is 10.9 Å². The first-order chi connectivity index (χ1) is 14.4. The van der Waals surface area contributed by atoms with E-state index in [2.05, 4.69) is 5.32 Å². The zero-order chi connectivity index (χ0) is 21.8. The van der Waals surface area contributed by atoms with E-state index in [-0.39, 0.29) is 29.4 Å². The highest BCUT2D eigenvalue weighted by Crippen LogP contribution is 2.16. The molecule has 3 rings (SSSR count). The number of esters is 1. The number of carbonyl (C=O) groups is 2. The number of para-hydroxylation sites is 2. The maximum Gasteiger partial charge on any atom is 0.339 e. The Balaban J connectivity index is 2.05. The molecule has 1 unspecified atom stereocenters. The fraction of sp³-hybridized carbons (Fsp3) is 0.273. The average Bonchev–Trinajstić information content (AvgIpc) is 2.76. The highest BCUT2D eigenvalue weighted by atomic mass is 16.5. The van der Waals surface area contributed by atoms with E-state index in [0.717, 1.165) is 0 Å². The molecule has 0 fully saturated rings. The fourth-order valence-electron chi connectivity index (χ4n) is 3.28. The first kappa shape index (κ1) is 21.0. The van der Waals surface area contributed by atoms with E-state index in [0.29, 0.717) is 17.3 Å². The van der Waals surface area contributed by atoms with Crippen LogP contribution in [0.1, 0.15) is 36.7 Å². The number of hydrogen-bond donors (Lipinski definition) is 1. The van der Waals surface area contributed by atoms with Gasteiger partial charge in [0.25, 0.3) is 5.56 Å². The van der Waals surface area contributed by atoms with Crippen LogP contribution in [0.4, 0.5) is 5.69 Å². The Labute approximate surface area is 172 Å². The van der Waals surface area contributed by atoms with Gasteiger partial charge >= 0.3 is 11.7 Å². The summed E-state index contributed by atoms with van der Waals surface area (Å²) in [7, 11) is 1.25. The number of aromatic nitrogens is 2. The predicted molar refractivity (Wildman–Crippen MR) is 114 cm³/mol. The van der Waals surface area contributed by atoms with Crippen molar-refractivity contribution in [3.63, 3.8) is 0 Å². The van der Waals surface area contributed by atoms with E-state index < -0.39 is 17.6 Å². The summed E-state index contributed by atoms with van der Waals surface area (Å²) in [6.45, 7) is 3.35. The van der Waals surface area contributed by atoms with Crippen molar-refractivity contribution in [3.05, 3.63) is 74.9 Å². The number of amides is 1. The molecule has 0 aliphatic heterocycles. The number of fused-ring (bicyclic) bond motifs is 1. The van der Waals surface area contributed by atoms with Crippen LogP contribution in [0.5, 0.6) is 0 Å². The topological polar surface area (TPSA) is 99.4 Å². The third-order valence-corrected chi connectivity index (χ3v) is 5.02. The Hall–Kier alpha value is -3.68. The lowest BCUT2D eigenvalue weighted by Crippen LogP contribution is -2.43. The zero-order valence-corrected chi connectivity index (χ0v) is 17.0. The molecule has 0 aliphatic carbocycles. The number of rotatable bonds is 6. The summed E-state index contributed by atoms with van der Waals surface area (Å²) < 4.78 is 7.19. The Morgan fingerprint density at radius 2 is 1.73 bits per heavy atom. The smallest absolute Gasteiger partial charge is 0.339 e. The zero-order valence-electron chi connectivity index (χ0n) is 17.0. The summed E-state index contributed by atoms with van der Waals surface area (Å²) in [5.74, 6) is -1.09. The summed E-state index contributed by atoms with van der Waals surface area (Å²) in [5.41, 5.74) is -0.0670. The van der Waals surface area contributed by atoms with Gasteiger partial charge in [-0.25, -0.2) is 9.59 Å². The van der Waals surface area contributed by atoms with Gasteiger partial charge in [0.15, 0.2) is 0 Å². The molecule has 1 aromatic heterocycles. The molecule has 8 nitrogen and oxygen atoms in total. The molecule has 0 spiro atoms. The van der Waals surface area contributed by atoms with E-state index in [4.69, 9.17) is 4.74 Å². The van der Waals surface area contributed by atoms with Crippen molar-refractivity contribution >= 4 is 28.5 Å².